The molecule has 0 aromatic carbocycles. The number of rotatable bonds is 4. The zero-order chi connectivity index (χ0) is 21.9. The van der Waals surface area contributed by atoms with Gasteiger partial charge in [-0.15, -0.1) is 0 Å². The van der Waals surface area contributed by atoms with Crippen molar-refractivity contribution in [2.45, 2.75) is 51.8 Å². The molecule has 0 unspecified atom stereocenters. The second-order valence-electron chi connectivity index (χ2n) is 9.34. The fourth-order valence-electron chi connectivity index (χ4n) is 4.23. The van der Waals surface area contributed by atoms with Crippen molar-refractivity contribution in [3.05, 3.63) is 23.5 Å². The largest absolute Gasteiger partial charge is 0.495 e. The summed E-state index contributed by atoms with van der Waals surface area (Å²) in [7, 11) is 1.46. The van der Waals surface area contributed by atoms with E-state index in [0.717, 1.165) is 38.9 Å². The molecule has 0 bridgehead atoms. The Balaban J connectivity index is 1.52. The Morgan fingerprint density at radius 2 is 2.00 bits per heavy atom. The third-order valence-corrected chi connectivity index (χ3v) is 5.97. The summed E-state index contributed by atoms with van der Waals surface area (Å²) in [5.74, 6) is 0.343. The van der Waals surface area contributed by atoms with E-state index >= 15 is 0 Å². The highest BCUT2D eigenvalue weighted by atomic mass is 19.1. The van der Waals surface area contributed by atoms with Crippen LogP contribution in [0.3, 0.4) is 0 Å². The molecule has 1 amide bonds. The number of nitriles is 1. The Morgan fingerprint density at radius 3 is 2.60 bits per heavy atom. The third-order valence-electron chi connectivity index (χ3n) is 5.97. The maximum atomic E-state index is 14.9. The molecule has 2 aliphatic rings. The van der Waals surface area contributed by atoms with Gasteiger partial charge in [-0.2, -0.15) is 5.26 Å². The van der Waals surface area contributed by atoms with E-state index < -0.39 is 11.8 Å². The van der Waals surface area contributed by atoms with Crippen molar-refractivity contribution in [1.29, 1.82) is 5.26 Å². The molecule has 1 aromatic rings. The zero-order valence-electron chi connectivity index (χ0n) is 18.3. The van der Waals surface area contributed by atoms with Gasteiger partial charge in [-0.3, -0.25) is 9.88 Å². The van der Waals surface area contributed by atoms with E-state index in [0.29, 0.717) is 17.9 Å². The monoisotopic (exact) mass is 418 g/mol. The molecule has 1 aromatic heterocycles. The summed E-state index contributed by atoms with van der Waals surface area (Å²) in [5.41, 5.74) is 0.191. The molecule has 30 heavy (non-hydrogen) atoms. The molecule has 2 aliphatic heterocycles. The number of methoxy groups -OCH3 is 1. The van der Waals surface area contributed by atoms with Gasteiger partial charge in [0, 0.05) is 31.9 Å². The summed E-state index contributed by atoms with van der Waals surface area (Å²) in [5, 5.41) is 9.05. The van der Waals surface area contributed by atoms with Gasteiger partial charge in [-0.25, -0.2) is 9.18 Å². The Hall–Kier alpha value is -2.40. The molecular formula is C22H31FN4O3. The van der Waals surface area contributed by atoms with Gasteiger partial charge in [0.25, 0.3) is 0 Å². The maximum absolute atomic E-state index is 14.9. The summed E-state index contributed by atoms with van der Waals surface area (Å²) in [4.78, 5) is 20.4. The quantitative estimate of drug-likeness (QED) is 0.742. The molecular weight excluding hydrogens is 387 g/mol. The van der Waals surface area contributed by atoms with Crippen LogP contribution in [0.15, 0.2) is 12.3 Å². The van der Waals surface area contributed by atoms with Gasteiger partial charge in [0.15, 0.2) is 6.17 Å². The maximum Gasteiger partial charge on any atom is 0.410 e. The molecule has 1 spiro atoms. The number of hydrogen-bond donors (Lipinski definition) is 0. The lowest BCUT2D eigenvalue weighted by molar-refractivity contribution is 0.0241. The van der Waals surface area contributed by atoms with Gasteiger partial charge in [-0.1, -0.05) is 0 Å². The number of amides is 1. The Morgan fingerprint density at radius 1 is 1.33 bits per heavy atom. The second-order valence-corrected chi connectivity index (χ2v) is 9.34. The van der Waals surface area contributed by atoms with Crippen molar-refractivity contribution < 1.29 is 18.7 Å². The molecule has 0 radical (unpaired) electrons. The second kappa shape index (κ2) is 8.76. The number of pyridine rings is 1. The average Bonchev–Trinajstić information content (AvgIpc) is 3.12. The Labute approximate surface area is 177 Å². The van der Waals surface area contributed by atoms with E-state index in [9.17, 15) is 9.18 Å². The van der Waals surface area contributed by atoms with Gasteiger partial charge in [0.1, 0.15) is 23.0 Å². The number of nitrogens with zero attached hydrogens (tertiary/aromatic N) is 4. The highest BCUT2D eigenvalue weighted by Gasteiger charge is 2.43. The third kappa shape index (κ3) is 5.20. The van der Waals surface area contributed by atoms with Crippen LogP contribution in [0.25, 0.3) is 0 Å². The zero-order valence-corrected chi connectivity index (χ0v) is 18.3. The van der Waals surface area contributed by atoms with Crippen molar-refractivity contribution >= 4 is 6.09 Å². The van der Waals surface area contributed by atoms with E-state index in [2.05, 4.69) is 9.88 Å². The van der Waals surface area contributed by atoms with Crippen molar-refractivity contribution in [2.75, 3.05) is 39.8 Å². The van der Waals surface area contributed by atoms with E-state index in [4.69, 9.17) is 14.7 Å². The SMILES string of the molecule is COc1cc([C@@H](F)CN2CCC3(CC2)CCN(C(=O)OC(C)(C)C)C3)ncc1C#N. The fraction of sp³-hybridized carbons (Fsp3) is 0.682. The van der Waals surface area contributed by atoms with Gasteiger partial charge < -0.3 is 14.4 Å². The van der Waals surface area contributed by atoms with E-state index in [1.54, 1.807) is 0 Å². The van der Waals surface area contributed by atoms with Crippen molar-refractivity contribution in [3.63, 3.8) is 0 Å². The van der Waals surface area contributed by atoms with Crippen LogP contribution in [0, 0.1) is 16.7 Å². The highest BCUT2D eigenvalue weighted by Crippen LogP contribution is 2.41. The minimum Gasteiger partial charge on any atom is -0.495 e. The van der Waals surface area contributed by atoms with Crippen molar-refractivity contribution in [2.24, 2.45) is 5.41 Å². The molecule has 0 N–H and O–H groups in total. The van der Waals surface area contributed by atoms with Crippen LogP contribution < -0.4 is 4.74 Å². The Bertz CT molecular complexity index is 810. The predicted octanol–water partition coefficient (Wildman–Crippen LogP) is 3.70. The van der Waals surface area contributed by atoms with Crippen LogP contribution in [0.4, 0.5) is 9.18 Å². The first-order valence-electron chi connectivity index (χ1n) is 10.4. The predicted molar refractivity (Wildman–Crippen MR) is 110 cm³/mol. The first kappa shape index (κ1) is 22.3. The van der Waals surface area contributed by atoms with Crippen LogP contribution in [-0.2, 0) is 4.74 Å². The lowest BCUT2D eigenvalue weighted by Gasteiger charge is -2.39. The molecule has 2 fully saturated rings. The fourth-order valence-corrected chi connectivity index (χ4v) is 4.23. The molecule has 0 saturated carbocycles. The number of piperidine rings is 1. The number of carbonyl (C=O) groups excluding carboxylic acids is 1. The smallest absolute Gasteiger partial charge is 0.410 e. The van der Waals surface area contributed by atoms with E-state index in [1.165, 1.54) is 19.4 Å². The molecule has 7 nitrogen and oxygen atoms in total. The minimum atomic E-state index is -1.25. The van der Waals surface area contributed by atoms with Crippen LogP contribution >= 0.6 is 0 Å². The minimum absolute atomic E-state index is 0.106. The van der Waals surface area contributed by atoms with Crippen LogP contribution in [0.5, 0.6) is 5.75 Å². The van der Waals surface area contributed by atoms with Crippen LogP contribution in [0.2, 0.25) is 0 Å². The van der Waals surface area contributed by atoms with E-state index in [1.807, 2.05) is 31.7 Å². The van der Waals surface area contributed by atoms with Gasteiger partial charge in [0.2, 0.25) is 0 Å². The summed E-state index contributed by atoms with van der Waals surface area (Å²) < 4.78 is 25.5. The summed E-state index contributed by atoms with van der Waals surface area (Å²) in [6, 6.07) is 3.49. The van der Waals surface area contributed by atoms with E-state index in [-0.39, 0.29) is 23.7 Å². The van der Waals surface area contributed by atoms with Gasteiger partial charge in [-0.05, 0) is 58.5 Å². The number of carbonyl (C=O) groups is 1. The lowest BCUT2D eigenvalue weighted by atomic mass is 9.78. The number of alkyl halides is 1. The highest BCUT2D eigenvalue weighted by molar-refractivity contribution is 5.68. The molecule has 1 atom stereocenters. The summed E-state index contributed by atoms with van der Waals surface area (Å²) >= 11 is 0. The standard InChI is InChI=1S/C22H31FN4O3/c1-21(2,3)30-20(28)27-10-7-22(15-27)5-8-26(9-6-22)14-17(23)18-11-19(29-4)16(12-24)13-25-18/h11,13,17H,5-10,14-15H2,1-4H3/t17-/m0/s1. The number of halogens is 1. The first-order valence-corrected chi connectivity index (χ1v) is 10.4. The van der Waals surface area contributed by atoms with Crippen LogP contribution in [-0.4, -0.2) is 66.3 Å². The summed E-state index contributed by atoms with van der Waals surface area (Å²) in [6.45, 7) is 8.89. The van der Waals surface area contributed by atoms with Gasteiger partial charge in [0.05, 0.1) is 12.8 Å². The molecule has 164 valence electrons. The molecule has 0 aliphatic carbocycles. The molecule has 3 heterocycles. The summed E-state index contributed by atoms with van der Waals surface area (Å²) in [6.07, 6.45) is 2.70. The topological polar surface area (TPSA) is 78.7 Å². The van der Waals surface area contributed by atoms with Gasteiger partial charge >= 0.3 is 6.09 Å². The molecule has 3 rings (SSSR count). The number of hydrogen-bond acceptors (Lipinski definition) is 6. The van der Waals surface area contributed by atoms with Crippen molar-refractivity contribution in [3.8, 4) is 11.8 Å². The van der Waals surface area contributed by atoms with Crippen molar-refractivity contribution in [1.82, 2.24) is 14.8 Å². The van der Waals surface area contributed by atoms with Crippen LogP contribution in [0.1, 0.15) is 57.5 Å². The Kier molecular flexibility index (Phi) is 6.51. The molecule has 2 saturated heterocycles. The number of ether oxygens (including phenoxy) is 2. The molecule has 8 heteroatoms. The lowest BCUT2D eigenvalue weighted by Crippen LogP contribution is -2.43. The normalized spacial score (nSPS) is 20.1. The number of aromatic nitrogens is 1. The first-order chi connectivity index (χ1) is 14.1. The average molecular weight is 419 g/mol. The number of likely N-dealkylation sites (tertiary alicyclic amines) is 2.